The van der Waals surface area contributed by atoms with E-state index in [0.29, 0.717) is 17.5 Å². The minimum absolute atomic E-state index is 0.0237. The molecule has 2 aromatic rings. The van der Waals surface area contributed by atoms with Crippen LogP contribution in [0, 0.1) is 13.8 Å². The van der Waals surface area contributed by atoms with Crippen LogP contribution in [-0.4, -0.2) is 52.9 Å². The monoisotopic (exact) mass is 626 g/mol. The maximum atomic E-state index is 11.2. The molecule has 0 saturated carbocycles. The van der Waals surface area contributed by atoms with Crippen molar-refractivity contribution in [2.75, 3.05) is 19.6 Å². The quantitative estimate of drug-likeness (QED) is 0.214. The number of rotatable bonds is 5. The maximum Gasteiger partial charge on any atom is 0.353 e. The van der Waals surface area contributed by atoms with Crippen molar-refractivity contribution in [3.63, 3.8) is 0 Å². The lowest BCUT2D eigenvalue weighted by Gasteiger charge is -2.05. The molecule has 0 aromatic heterocycles. The molecule has 204 valence electrons. The Bertz CT molecular complexity index is 1160. The minimum atomic E-state index is -4.19. The van der Waals surface area contributed by atoms with E-state index in [9.17, 15) is 18.0 Å². The summed E-state index contributed by atoms with van der Waals surface area (Å²) in [7, 11) is 4.02. The number of alkyl halides is 2. The van der Waals surface area contributed by atoms with Gasteiger partial charge < -0.3 is 9.47 Å². The van der Waals surface area contributed by atoms with Crippen LogP contribution in [-0.2, 0) is 50.3 Å². The second-order valence-corrected chi connectivity index (χ2v) is 11.9. The Hall–Kier alpha value is -1.60. The molecule has 0 aliphatic carbocycles. The summed E-state index contributed by atoms with van der Waals surface area (Å²) in [5, 5.41) is 0.194. The molecule has 2 rings (SSSR count). The van der Waals surface area contributed by atoms with Gasteiger partial charge in [0.25, 0.3) is 9.05 Å². The summed E-state index contributed by atoms with van der Waals surface area (Å²) >= 11 is 9.53. The summed E-state index contributed by atoms with van der Waals surface area (Å²) in [6.45, 7) is 3.65. The van der Waals surface area contributed by atoms with Crippen LogP contribution in [0.1, 0.15) is 22.3 Å². The zero-order valence-electron chi connectivity index (χ0n) is 19.7. The summed E-state index contributed by atoms with van der Waals surface area (Å²) < 4.78 is 56.6. The number of hydrogen-bond acceptors (Lipinski definition) is 8. The zero-order valence-corrected chi connectivity index (χ0v) is 24.4. The molecular weight excluding hydrogens is 602 g/mol. The average molecular weight is 628 g/mol. The first-order valence-electron chi connectivity index (χ1n) is 9.50. The third-order valence-corrected chi connectivity index (χ3v) is 5.25. The molecule has 0 saturated heterocycles. The highest BCUT2D eigenvalue weighted by Crippen LogP contribution is 2.21. The van der Waals surface area contributed by atoms with Gasteiger partial charge >= 0.3 is 21.3 Å². The summed E-state index contributed by atoms with van der Waals surface area (Å²) in [6.07, 6.45) is 0.382. The number of esters is 2. The first-order chi connectivity index (χ1) is 16.5. The van der Waals surface area contributed by atoms with E-state index in [1.54, 1.807) is 19.1 Å². The van der Waals surface area contributed by atoms with E-state index in [0.717, 1.165) is 5.56 Å². The second-order valence-electron chi connectivity index (χ2n) is 6.54. The normalized spacial score (nSPS) is 10.2. The molecule has 0 radical (unpaired) electrons. The van der Waals surface area contributed by atoms with Crippen LogP contribution in [0.15, 0.2) is 47.4 Å². The van der Waals surface area contributed by atoms with Crippen molar-refractivity contribution in [1.82, 2.24) is 0 Å². The predicted octanol–water partition coefficient (Wildman–Crippen LogP) is 4.80. The van der Waals surface area contributed by atoms with Gasteiger partial charge in [-0.05, 0) is 36.6 Å². The lowest BCUT2D eigenvalue weighted by molar-refractivity contribution is -0.140. The van der Waals surface area contributed by atoms with Crippen LogP contribution in [0.2, 0.25) is 0 Å². The van der Waals surface area contributed by atoms with Gasteiger partial charge in [-0.15, -0.1) is 23.2 Å². The zero-order chi connectivity index (χ0) is 28.5. The van der Waals surface area contributed by atoms with E-state index in [1.165, 1.54) is 25.8 Å². The molecule has 0 unspecified atom stereocenters. The SMILES string of the molecule is COC(=O)Cc1ccc(C)c(S(=O)(=O)Cl)c1.COC(=O)Cc1ccc(C)cc1.ClCCl.O=S(=O)(O)Cl. The molecule has 2 aromatic carbocycles. The van der Waals surface area contributed by atoms with Crippen molar-refractivity contribution in [2.45, 2.75) is 31.6 Å². The van der Waals surface area contributed by atoms with E-state index < -0.39 is 24.4 Å². The van der Waals surface area contributed by atoms with Gasteiger partial charge in [-0.25, -0.2) is 8.42 Å². The summed E-state index contributed by atoms with van der Waals surface area (Å²) in [5.74, 6) is -0.624. The highest BCUT2D eigenvalue weighted by molar-refractivity contribution is 8.13. The van der Waals surface area contributed by atoms with Crippen molar-refractivity contribution in [2.24, 2.45) is 0 Å². The number of ether oxygens (including phenoxy) is 2. The number of aryl methyl sites for hydroxylation is 2. The number of hydrogen-bond donors (Lipinski definition) is 1. The van der Waals surface area contributed by atoms with Crippen molar-refractivity contribution >= 4 is 74.9 Å². The van der Waals surface area contributed by atoms with E-state index in [4.69, 9.17) is 46.9 Å². The van der Waals surface area contributed by atoms with E-state index in [-0.39, 0.29) is 22.6 Å². The van der Waals surface area contributed by atoms with Gasteiger partial charge in [0, 0.05) is 21.4 Å². The second kappa shape index (κ2) is 18.6. The topological polar surface area (TPSA) is 141 Å². The van der Waals surface area contributed by atoms with Crippen LogP contribution in [0.3, 0.4) is 0 Å². The molecule has 0 atom stereocenters. The number of methoxy groups -OCH3 is 2. The molecule has 0 amide bonds. The van der Waals surface area contributed by atoms with Crippen molar-refractivity contribution in [3.05, 3.63) is 64.7 Å². The molecular formula is C21H26Cl4O9S2. The van der Waals surface area contributed by atoms with Crippen LogP contribution < -0.4 is 0 Å². The molecule has 0 heterocycles. The average Bonchev–Trinajstić information content (AvgIpc) is 2.75. The molecule has 0 fully saturated rings. The van der Waals surface area contributed by atoms with Crippen molar-refractivity contribution in [1.29, 1.82) is 0 Å². The van der Waals surface area contributed by atoms with Crippen LogP contribution in [0.25, 0.3) is 0 Å². The Morgan fingerprint density at radius 3 is 1.53 bits per heavy atom. The summed E-state index contributed by atoms with van der Waals surface area (Å²) in [6, 6.07) is 12.5. The molecule has 1 N–H and O–H groups in total. The molecule has 0 aliphatic heterocycles. The minimum Gasteiger partial charge on any atom is -0.469 e. The lowest BCUT2D eigenvalue weighted by Crippen LogP contribution is -2.05. The Morgan fingerprint density at radius 2 is 1.17 bits per heavy atom. The smallest absolute Gasteiger partial charge is 0.353 e. The molecule has 0 bridgehead atoms. The highest BCUT2D eigenvalue weighted by Gasteiger charge is 2.15. The van der Waals surface area contributed by atoms with Gasteiger partial charge in [-0.2, -0.15) is 8.42 Å². The van der Waals surface area contributed by atoms with Crippen molar-refractivity contribution < 1.29 is 40.5 Å². The largest absolute Gasteiger partial charge is 0.469 e. The molecule has 0 spiro atoms. The molecule has 0 aliphatic rings. The van der Waals surface area contributed by atoms with Gasteiger partial charge in [-0.3, -0.25) is 14.1 Å². The highest BCUT2D eigenvalue weighted by atomic mass is 35.7. The fraction of sp³-hybridized carbons (Fsp3) is 0.333. The Morgan fingerprint density at radius 1 is 0.806 bits per heavy atom. The Kier molecular flexibility index (Phi) is 18.9. The van der Waals surface area contributed by atoms with Crippen LogP contribution in [0.4, 0.5) is 0 Å². The maximum absolute atomic E-state index is 11.2. The van der Waals surface area contributed by atoms with Crippen LogP contribution >= 0.6 is 44.6 Å². The number of carbonyl (C=O) groups excluding carboxylic acids is 2. The summed E-state index contributed by atoms with van der Waals surface area (Å²) in [5.41, 5.74) is 3.29. The number of benzene rings is 2. The van der Waals surface area contributed by atoms with E-state index in [2.05, 4.69) is 20.2 Å². The first kappa shape index (κ1) is 36.6. The number of carbonyl (C=O) groups is 2. The lowest BCUT2D eigenvalue weighted by atomic mass is 10.1. The third-order valence-electron chi connectivity index (χ3n) is 3.79. The van der Waals surface area contributed by atoms with Gasteiger partial charge in [0.15, 0.2) is 0 Å². The summed E-state index contributed by atoms with van der Waals surface area (Å²) in [4.78, 5) is 21.9. The van der Waals surface area contributed by atoms with Crippen LogP contribution in [0.5, 0.6) is 0 Å². The number of halogens is 4. The van der Waals surface area contributed by atoms with E-state index >= 15 is 0 Å². The van der Waals surface area contributed by atoms with Gasteiger partial charge in [0.1, 0.15) is 0 Å². The molecule has 9 nitrogen and oxygen atoms in total. The fourth-order valence-corrected chi connectivity index (χ4v) is 3.44. The fourth-order valence-electron chi connectivity index (χ4n) is 2.20. The predicted molar refractivity (Wildman–Crippen MR) is 141 cm³/mol. The first-order valence-corrected chi connectivity index (χ1v) is 15.1. The van der Waals surface area contributed by atoms with E-state index in [1.807, 2.05) is 31.2 Å². The van der Waals surface area contributed by atoms with Gasteiger partial charge in [-0.1, -0.05) is 42.0 Å². The van der Waals surface area contributed by atoms with Crippen molar-refractivity contribution in [3.8, 4) is 0 Å². The molecule has 36 heavy (non-hydrogen) atoms. The molecule has 15 heteroatoms. The van der Waals surface area contributed by atoms with Gasteiger partial charge in [0.05, 0.1) is 37.3 Å². The van der Waals surface area contributed by atoms with Gasteiger partial charge in [0.2, 0.25) is 0 Å². The Labute approximate surface area is 230 Å². The standard InChI is InChI=1S/C10H11ClO4S.C10H12O2.CH2Cl2.ClHO3S/c1-7-3-4-8(6-10(12)15-2)5-9(7)16(11,13)14;1-8-3-5-9(6-4-8)7-10(11)12-2;2-1-3;1-5(2,3)4/h3-5H,6H2,1-2H3;3-6H,7H2,1-2H3;1H2;(H,2,3,4). The third kappa shape index (κ3) is 20.6. The Balaban J connectivity index is 0.